The van der Waals surface area contributed by atoms with Crippen molar-refractivity contribution in [2.24, 2.45) is 5.92 Å². The topological polar surface area (TPSA) is 78.5 Å². The smallest absolute Gasteiger partial charge is 0.227 e. The van der Waals surface area contributed by atoms with Gasteiger partial charge in [0, 0.05) is 37.8 Å². The van der Waals surface area contributed by atoms with E-state index in [9.17, 15) is 14.4 Å². The highest BCUT2D eigenvalue weighted by molar-refractivity contribution is 6.00. The molecule has 1 fully saturated rings. The Morgan fingerprint density at radius 1 is 1.29 bits per heavy atom. The molecular formula is C15H19N3O3. The van der Waals surface area contributed by atoms with Gasteiger partial charge in [0.2, 0.25) is 17.7 Å². The molecule has 0 radical (unpaired) electrons. The van der Waals surface area contributed by atoms with Crippen LogP contribution in [0.1, 0.15) is 20.3 Å². The maximum atomic E-state index is 12.0. The molecule has 0 saturated carbocycles. The lowest BCUT2D eigenvalue weighted by Gasteiger charge is -2.17. The highest BCUT2D eigenvalue weighted by Crippen LogP contribution is 2.26. The second kappa shape index (κ2) is 6.39. The number of rotatable bonds is 4. The van der Waals surface area contributed by atoms with E-state index in [-0.39, 0.29) is 30.1 Å². The van der Waals surface area contributed by atoms with Gasteiger partial charge in [-0.05, 0) is 31.2 Å². The normalized spacial score (nSPS) is 17.7. The van der Waals surface area contributed by atoms with Gasteiger partial charge in [0.15, 0.2) is 0 Å². The largest absolute Gasteiger partial charge is 0.356 e. The molecule has 6 heteroatoms. The fourth-order valence-corrected chi connectivity index (χ4v) is 2.38. The van der Waals surface area contributed by atoms with Crippen molar-refractivity contribution in [3.8, 4) is 0 Å². The summed E-state index contributed by atoms with van der Waals surface area (Å²) < 4.78 is 0. The van der Waals surface area contributed by atoms with E-state index in [1.165, 1.54) is 6.92 Å². The lowest BCUT2D eigenvalue weighted by atomic mass is 10.1. The number of hydrogen-bond donors (Lipinski definition) is 2. The minimum atomic E-state index is -0.299. The van der Waals surface area contributed by atoms with E-state index in [0.29, 0.717) is 18.8 Å². The average molecular weight is 289 g/mol. The Balaban J connectivity index is 2.06. The lowest BCUT2D eigenvalue weighted by molar-refractivity contribution is -0.126. The van der Waals surface area contributed by atoms with Gasteiger partial charge in [-0.25, -0.2) is 0 Å². The molecule has 0 spiro atoms. The molecule has 2 N–H and O–H groups in total. The molecule has 1 heterocycles. The van der Waals surface area contributed by atoms with Crippen molar-refractivity contribution in [3.63, 3.8) is 0 Å². The summed E-state index contributed by atoms with van der Waals surface area (Å²) in [6.07, 6.45) is 0.235. The quantitative estimate of drug-likeness (QED) is 0.872. The van der Waals surface area contributed by atoms with Gasteiger partial charge in [-0.2, -0.15) is 0 Å². The Kier molecular flexibility index (Phi) is 4.57. The van der Waals surface area contributed by atoms with Crippen LogP contribution in [0.3, 0.4) is 0 Å². The van der Waals surface area contributed by atoms with Crippen LogP contribution in [-0.2, 0) is 14.4 Å². The average Bonchev–Trinajstić information content (AvgIpc) is 2.81. The summed E-state index contributed by atoms with van der Waals surface area (Å²) in [5, 5.41) is 5.42. The van der Waals surface area contributed by atoms with Crippen LogP contribution in [0.15, 0.2) is 24.3 Å². The molecule has 1 saturated heterocycles. The van der Waals surface area contributed by atoms with Crippen molar-refractivity contribution in [1.82, 2.24) is 5.32 Å². The summed E-state index contributed by atoms with van der Waals surface area (Å²) in [7, 11) is 0. The minimum absolute atomic E-state index is 0.0569. The molecule has 6 nitrogen and oxygen atoms in total. The minimum Gasteiger partial charge on any atom is -0.356 e. The van der Waals surface area contributed by atoms with Gasteiger partial charge in [-0.1, -0.05) is 0 Å². The van der Waals surface area contributed by atoms with Crippen LogP contribution >= 0.6 is 0 Å². The second-order valence-corrected chi connectivity index (χ2v) is 5.03. The molecule has 1 aliphatic rings. The predicted octanol–water partition coefficient (Wildman–Crippen LogP) is 1.13. The van der Waals surface area contributed by atoms with Crippen molar-refractivity contribution in [3.05, 3.63) is 24.3 Å². The molecule has 3 amide bonds. The number of hydrogen-bond acceptors (Lipinski definition) is 3. The number of carbonyl (C=O) groups is 3. The molecule has 112 valence electrons. The van der Waals surface area contributed by atoms with E-state index >= 15 is 0 Å². The third-order valence-corrected chi connectivity index (χ3v) is 3.35. The van der Waals surface area contributed by atoms with Gasteiger partial charge in [-0.15, -0.1) is 0 Å². The zero-order chi connectivity index (χ0) is 15.4. The van der Waals surface area contributed by atoms with Crippen molar-refractivity contribution in [1.29, 1.82) is 0 Å². The molecule has 0 bridgehead atoms. The van der Waals surface area contributed by atoms with E-state index in [4.69, 9.17) is 0 Å². The van der Waals surface area contributed by atoms with E-state index < -0.39 is 0 Å². The Hall–Kier alpha value is -2.37. The van der Waals surface area contributed by atoms with E-state index in [1.54, 1.807) is 29.2 Å². The number of nitrogens with zero attached hydrogens (tertiary/aromatic N) is 1. The molecule has 21 heavy (non-hydrogen) atoms. The zero-order valence-corrected chi connectivity index (χ0v) is 12.2. The maximum absolute atomic E-state index is 12.0. The molecule has 1 aromatic carbocycles. The van der Waals surface area contributed by atoms with Crippen molar-refractivity contribution in [2.45, 2.75) is 20.3 Å². The monoisotopic (exact) mass is 289 g/mol. The molecule has 1 unspecified atom stereocenters. The summed E-state index contributed by atoms with van der Waals surface area (Å²) in [6.45, 7) is 4.25. The molecule has 1 aromatic rings. The Morgan fingerprint density at radius 3 is 2.52 bits per heavy atom. The zero-order valence-electron chi connectivity index (χ0n) is 12.2. The van der Waals surface area contributed by atoms with Crippen molar-refractivity contribution >= 4 is 29.1 Å². The molecule has 0 aliphatic carbocycles. The van der Waals surface area contributed by atoms with Crippen LogP contribution in [-0.4, -0.2) is 30.8 Å². The number of amides is 3. The summed E-state index contributed by atoms with van der Waals surface area (Å²) in [5.41, 5.74) is 1.42. The van der Waals surface area contributed by atoms with Gasteiger partial charge in [0.25, 0.3) is 0 Å². The second-order valence-electron chi connectivity index (χ2n) is 5.03. The first-order valence-corrected chi connectivity index (χ1v) is 6.97. The van der Waals surface area contributed by atoms with E-state index in [1.807, 2.05) is 6.92 Å². The van der Waals surface area contributed by atoms with Crippen molar-refractivity contribution in [2.75, 3.05) is 23.3 Å². The van der Waals surface area contributed by atoms with Crippen LogP contribution in [0.25, 0.3) is 0 Å². The first-order valence-electron chi connectivity index (χ1n) is 6.97. The molecule has 0 aromatic heterocycles. The number of anilines is 2. The number of benzene rings is 1. The third kappa shape index (κ3) is 3.59. The van der Waals surface area contributed by atoms with Gasteiger partial charge in [0.05, 0.1) is 5.92 Å². The Morgan fingerprint density at radius 2 is 1.95 bits per heavy atom. The van der Waals surface area contributed by atoms with Crippen LogP contribution in [0.5, 0.6) is 0 Å². The molecule has 2 rings (SSSR count). The first kappa shape index (κ1) is 15.0. The molecule has 1 aliphatic heterocycles. The molecular weight excluding hydrogens is 270 g/mol. The summed E-state index contributed by atoms with van der Waals surface area (Å²) in [4.78, 5) is 36.4. The third-order valence-electron chi connectivity index (χ3n) is 3.35. The Bertz CT molecular complexity index is 554. The fourth-order valence-electron chi connectivity index (χ4n) is 2.38. The van der Waals surface area contributed by atoms with Crippen molar-refractivity contribution < 1.29 is 14.4 Å². The van der Waals surface area contributed by atoms with Crippen LogP contribution in [0.4, 0.5) is 11.4 Å². The van der Waals surface area contributed by atoms with Crippen LogP contribution < -0.4 is 15.5 Å². The highest BCUT2D eigenvalue weighted by Gasteiger charge is 2.34. The summed E-state index contributed by atoms with van der Waals surface area (Å²) >= 11 is 0. The fraction of sp³-hybridized carbons (Fsp3) is 0.400. The van der Waals surface area contributed by atoms with Crippen LogP contribution in [0.2, 0.25) is 0 Å². The van der Waals surface area contributed by atoms with Gasteiger partial charge < -0.3 is 15.5 Å². The van der Waals surface area contributed by atoms with Crippen LogP contribution in [0, 0.1) is 5.92 Å². The number of carbonyl (C=O) groups excluding carboxylic acids is 3. The van der Waals surface area contributed by atoms with E-state index in [0.717, 1.165) is 5.69 Å². The maximum Gasteiger partial charge on any atom is 0.227 e. The summed E-state index contributed by atoms with van der Waals surface area (Å²) in [6, 6.07) is 7.01. The lowest BCUT2D eigenvalue weighted by Crippen LogP contribution is -2.32. The first-order chi connectivity index (χ1) is 10.0. The highest BCUT2D eigenvalue weighted by atomic mass is 16.2. The SMILES string of the molecule is CCNC(=O)C1CC(=O)N(c2ccc(NC(C)=O)cc2)C1. The van der Waals surface area contributed by atoms with E-state index in [2.05, 4.69) is 10.6 Å². The Labute approximate surface area is 123 Å². The van der Waals surface area contributed by atoms with Gasteiger partial charge in [-0.3, -0.25) is 14.4 Å². The standard InChI is InChI=1S/C15H19N3O3/c1-3-16-15(21)11-8-14(20)18(9-11)13-6-4-12(5-7-13)17-10(2)19/h4-7,11H,3,8-9H2,1-2H3,(H,16,21)(H,17,19). The molecule has 1 atom stereocenters. The predicted molar refractivity (Wildman–Crippen MR) is 79.9 cm³/mol. The van der Waals surface area contributed by atoms with Gasteiger partial charge >= 0.3 is 0 Å². The number of nitrogens with one attached hydrogen (secondary N) is 2. The van der Waals surface area contributed by atoms with Gasteiger partial charge in [0.1, 0.15) is 0 Å². The summed E-state index contributed by atoms with van der Waals surface area (Å²) in [5.74, 6) is -0.578.